The molecule has 2 saturated carbocycles. The zero-order valence-electron chi connectivity index (χ0n) is 29.0. The van der Waals surface area contributed by atoms with Gasteiger partial charge in [-0.25, -0.2) is 29.5 Å². The second-order valence-electron chi connectivity index (χ2n) is 12.6. The Hall–Kier alpha value is -6.18. The number of benzene rings is 2. The molecule has 0 atom stereocenters. The number of fused-ring (bicyclic) bond motifs is 2. The van der Waals surface area contributed by atoms with Gasteiger partial charge in [0.2, 0.25) is 0 Å². The summed E-state index contributed by atoms with van der Waals surface area (Å²) in [6.45, 7) is 3.40. The first-order chi connectivity index (χ1) is 25.4. The molecule has 268 valence electrons. The maximum Gasteiger partial charge on any atom is 0.341 e. The van der Waals surface area contributed by atoms with Gasteiger partial charge in [-0.3, -0.25) is 0 Å². The summed E-state index contributed by atoms with van der Waals surface area (Å²) in [5, 5.41) is 9.29. The smallest absolute Gasteiger partial charge is 0.341 e. The highest BCUT2D eigenvalue weighted by Gasteiger charge is 2.25. The van der Waals surface area contributed by atoms with Crippen LogP contribution in [0, 0.1) is 11.8 Å². The lowest BCUT2D eigenvalue weighted by molar-refractivity contribution is 0.0528. The first-order valence-corrected chi connectivity index (χ1v) is 17.0. The quantitative estimate of drug-likeness (QED) is 0.108. The lowest BCUT2D eigenvalue weighted by atomic mass is 10.1. The van der Waals surface area contributed by atoms with E-state index in [0.29, 0.717) is 93.7 Å². The molecule has 2 aliphatic carbocycles. The van der Waals surface area contributed by atoms with Crippen LogP contribution >= 0.6 is 0 Å². The van der Waals surface area contributed by atoms with Crippen LogP contribution in [-0.2, 0) is 4.74 Å². The van der Waals surface area contributed by atoms with Crippen LogP contribution in [0.3, 0.4) is 0 Å². The van der Waals surface area contributed by atoms with Crippen LogP contribution in [0.4, 0.5) is 0 Å². The number of hydrogen-bond donors (Lipinski definition) is 3. The Morgan fingerprint density at radius 3 is 1.65 bits per heavy atom. The summed E-state index contributed by atoms with van der Waals surface area (Å²) in [4.78, 5) is 46.8. The first kappa shape index (κ1) is 34.3. The van der Waals surface area contributed by atoms with Crippen LogP contribution in [0.15, 0.2) is 61.4 Å². The lowest BCUT2D eigenvalue weighted by Crippen LogP contribution is -2.04. The molecule has 0 bridgehead atoms. The molecule has 14 heteroatoms. The summed E-state index contributed by atoms with van der Waals surface area (Å²) in [5.41, 5.74) is 5.52. The second-order valence-corrected chi connectivity index (χ2v) is 12.6. The van der Waals surface area contributed by atoms with Gasteiger partial charge < -0.3 is 38.8 Å². The summed E-state index contributed by atoms with van der Waals surface area (Å²) in [7, 11) is 3.23. The molecular formula is C38H38N6O8. The first-order valence-electron chi connectivity index (χ1n) is 17.0. The van der Waals surface area contributed by atoms with Gasteiger partial charge in [-0.2, -0.15) is 0 Å². The monoisotopic (exact) mass is 706 g/mol. The number of H-pyrrole nitrogens is 2. The van der Waals surface area contributed by atoms with E-state index in [1.807, 2.05) is 36.4 Å². The van der Waals surface area contributed by atoms with E-state index in [4.69, 9.17) is 23.7 Å². The van der Waals surface area contributed by atoms with Crippen molar-refractivity contribution in [2.24, 2.45) is 11.8 Å². The van der Waals surface area contributed by atoms with Crippen molar-refractivity contribution in [2.75, 3.05) is 34.0 Å². The van der Waals surface area contributed by atoms with Gasteiger partial charge in [-0.15, -0.1) is 0 Å². The van der Waals surface area contributed by atoms with Crippen LogP contribution in [0.2, 0.25) is 0 Å². The molecule has 52 heavy (non-hydrogen) atoms. The van der Waals surface area contributed by atoms with E-state index >= 15 is 0 Å². The molecule has 0 unspecified atom stereocenters. The van der Waals surface area contributed by atoms with E-state index in [9.17, 15) is 14.7 Å². The average Bonchev–Trinajstić information content (AvgIpc) is 4.09. The van der Waals surface area contributed by atoms with Gasteiger partial charge in [0, 0.05) is 35.7 Å². The fraction of sp³-hybridized carbons (Fsp3) is 0.316. The minimum Gasteiger partial charge on any atom is -0.497 e. The van der Waals surface area contributed by atoms with E-state index in [0.717, 1.165) is 11.1 Å². The maximum absolute atomic E-state index is 12.2. The van der Waals surface area contributed by atoms with Crippen molar-refractivity contribution in [3.05, 3.63) is 72.6 Å². The summed E-state index contributed by atoms with van der Waals surface area (Å²) in [6, 6.07) is 11.2. The largest absolute Gasteiger partial charge is 0.497 e. The third-order valence-electron chi connectivity index (χ3n) is 8.88. The Balaban J connectivity index is 0.000000162. The number of aromatic nitrogens is 6. The summed E-state index contributed by atoms with van der Waals surface area (Å²) >= 11 is 0. The van der Waals surface area contributed by atoms with Gasteiger partial charge in [-0.1, -0.05) is 0 Å². The molecule has 14 nitrogen and oxygen atoms in total. The number of nitrogens with zero attached hydrogens (tertiary/aromatic N) is 4. The summed E-state index contributed by atoms with van der Waals surface area (Å²) in [5.74, 6) is 2.56. The van der Waals surface area contributed by atoms with Crippen molar-refractivity contribution >= 4 is 34.0 Å². The molecular weight excluding hydrogens is 668 g/mol. The SMILES string of the molecule is CCOC(=O)c1c[nH]c2c(-c3ccc(OC)cc3OCC3CC3)ncnc12.COc1ccc(-c2ncnc3c(C(=O)O)c[nH]c23)c(OCC2CC2)c1. The van der Waals surface area contributed by atoms with Gasteiger partial charge >= 0.3 is 11.9 Å². The fourth-order valence-electron chi connectivity index (χ4n) is 5.69. The molecule has 0 spiro atoms. The molecule has 4 heterocycles. The molecule has 2 aromatic carbocycles. The Labute approximate surface area is 298 Å². The maximum atomic E-state index is 12.2. The molecule has 6 aromatic rings. The zero-order chi connectivity index (χ0) is 36.2. The van der Waals surface area contributed by atoms with Gasteiger partial charge in [0.25, 0.3) is 0 Å². The molecule has 2 fully saturated rings. The number of carbonyl (C=O) groups is 2. The van der Waals surface area contributed by atoms with Crippen LogP contribution in [0.5, 0.6) is 23.0 Å². The molecule has 3 N–H and O–H groups in total. The summed E-state index contributed by atoms with van der Waals surface area (Å²) < 4.78 is 27.8. The minimum atomic E-state index is -1.03. The van der Waals surface area contributed by atoms with Crippen molar-refractivity contribution in [3.63, 3.8) is 0 Å². The number of nitrogens with one attached hydrogen (secondary N) is 2. The molecule has 0 saturated heterocycles. The average molecular weight is 707 g/mol. The topological polar surface area (TPSA) is 184 Å². The van der Waals surface area contributed by atoms with Gasteiger partial charge in [0.1, 0.15) is 69.2 Å². The predicted octanol–water partition coefficient (Wildman–Crippen LogP) is 6.72. The van der Waals surface area contributed by atoms with E-state index in [1.54, 1.807) is 27.3 Å². The van der Waals surface area contributed by atoms with E-state index in [2.05, 4.69) is 29.9 Å². The van der Waals surface area contributed by atoms with Crippen molar-refractivity contribution < 1.29 is 38.4 Å². The number of ether oxygens (including phenoxy) is 5. The molecule has 8 rings (SSSR count). The van der Waals surface area contributed by atoms with Crippen LogP contribution < -0.4 is 18.9 Å². The standard InChI is InChI=1S/C20H21N3O4.C18H17N3O4/c1-3-26-20(24)15-9-21-19-17(22-11-23-18(15)19)14-7-6-13(25-2)8-16(14)27-10-12-4-5-12;1-24-11-4-5-12(14(6-11)25-8-10-2-3-10)15-17-16(21-9-20-15)13(7-19-17)18(22)23/h6-9,11-12,21H,3-5,10H2,1-2H3;4-7,9-10,19H,2-3,8H2,1H3,(H,22,23). The number of methoxy groups -OCH3 is 2. The lowest BCUT2D eigenvalue weighted by Gasteiger charge is -2.13. The van der Waals surface area contributed by atoms with Crippen LogP contribution in [0.25, 0.3) is 44.6 Å². The molecule has 0 amide bonds. The van der Waals surface area contributed by atoms with Crippen molar-refractivity contribution in [3.8, 4) is 45.5 Å². The van der Waals surface area contributed by atoms with E-state index in [1.165, 1.54) is 44.5 Å². The predicted molar refractivity (Wildman–Crippen MR) is 191 cm³/mol. The van der Waals surface area contributed by atoms with Crippen LogP contribution in [0.1, 0.15) is 53.3 Å². The Bertz CT molecular complexity index is 2240. The number of carboxylic acid groups (broad SMARTS) is 1. The Kier molecular flexibility index (Phi) is 9.87. The van der Waals surface area contributed by atoms with Crippen molar-refractivity contribution in [1.82, 2.24) is 29.9 Å². The number of aromatic carboxylic acids is 1. The number of hydrogen-bond acceptors (Lipinski definition) is 11. The number of carbonyl (C=O) groups excluding carboxylic acids is 1. The number of aromatic amines is 2. The minimum absolute atomic E-state index is 0.118. The third-order valence-corrected chi connectivity index (χ3v) is 8.88. The van der Waals surface area contributed by atoms with Gasteiger partial charge in [0.15, 0.2) is 0 Å². The van der Waals surface area contributed by atoms with E-state index < -0.39 is 11.9 Å². The number of carboxylic acids is 1. The van der Waals surface area contributed by atoms with E-state index in [-0.39, 0.29) is 5.56 Å². The number of esters is 1. The molecule has 0 radical (unpaired) electrons. The van der Waals surface area contributed by atoms with Gasteiger partial charge in [-0.05, 0) is 68.7 Å². The van der Waals surface area contributed by atoms with Crippen molar-refractivity contribution in [1.29, 1.82) is 0 Å². The third kappa shape index (κ3) is 7.31. The Morgan fingerprint density at radius 1 is 0.731 bits per heavy atom. The van der Waals surface area contributed by atoms with Crippen LogP contribution in [-0.4, -0.2) is 81.0 Å². The fourth-order valence-corrected chi connectivity index (χ4v) is 5.69. The Morgan fingerprint density at radius 2 is 1.21 bits per heavy atom. The highest BCUT2D eigenvalue weighted by molar-refractivity contribution is 6.06. The molecule has 2 aliphatic rings. The number of rotatable bonds is 13. The normalized spacial score (nSPS) is 13.7. The second kappa shape index (κ2) is 15.0. The molecule has 0 aliphatic heterocycles. The highest BCUT2D eigenvalue weighted by atomic mass is 16.5. The van der Waals surface area contributed by atoms with Gasteiger partial charge in [0.05, 0.1) is 45.1 Å². The highest BCUT2D eigenvalue weighted by Crippen LogP contribution is 2.39. The summed E-state index contributed by atoms with van der Waals surface area (Å²) in [6.07, 6.45) is 10.6. The zero-order valence-corrected chi connectivity index (χ0v) is 29.0. The molecule has 4 aromatic heterocycles. The van der Waals surface area contributed by atoms with Crippen molar-refractivity contribution in [2.45, 2.75) is 32.6 Å².